The van der Waals surface area contributed by atoms with Gasteiger partial charge in [-0.1, -0.05) is 39.7 Å². The number of benzene rings is 2. The molecule has 3 aromatic rings. The number of hydrogen-bond donors (Lipinski definition) is 1. The molecule has 4 nitrogen and oxygen atoms in total. The molecule has 0 radical (unpaired) electrons. The number of hydrogen-bond acceptors (Lipinski definition) is 3. The van der Waals surface area contributed by atoms with Gasteiger partial charge in [0.15, 0.2) is 0 Å². The summed E-state index contributed by atoms with van der Waals surface area (Å²) in [6, 6.07) is 14.0. The maximum atomic E-state index is 6.02. The lowest BCUT2D eigenvalue weighted by molar-refractivity contribution is 0.691. The molecule has 0 bridgehead atoms. The molecule has 0 atom stereocenters. The maximum Gasteiger partial charge on any atom is 0.138 e. The Bertz CT molecular complexity index is 741. The Morgan fingerprint density at radius 2 is 1.91 bits per heavy atom. The largest absolute Gasteiger partial charge is 0.309 e. The van der Waals surface area contributed by atoms with Crippen LogP contribution in [0.5, 0.6) is 0 Å². The number of nitrogens with zero attached hydrogens (tertiary/aromatic N) is 3. The van der Waals surface area contributed by atoms with Crippen LogP contribution in [0.15, 0.2) is 59.6 Å². The van der Waals surface area contributed by atoms with Gasteiger partial charge in [0.05, 0.1) is 5.69 Å². The van der Waals surface area contributed by atoms with E-state index in [1.165, 1.54) is 11.9 Å². The molecule has 1 heterocycles. The summed E-state index contributed by atoms with van der Waals surface area (Å²) in [6.07, 6.45) is 3.21. The van der Waals surface area contributed by atoms with Crippen molar-refractivity contribution in [2.75, 3.05) is 0 Å². The van der Waals surface area contributed by atoms with Crippen LogP contribution in [0, 0.1) is 0 Å². The van der Waals surface area contributed by atoms with Gasteiger partial charge >= 0.3 is 0 Å². The van der Waals surface area contributed by atoms with Crippen molar-refractivity contribution in [1.82, 2.24) is 20.1 Å². The van der Waals surface area contributed by atoms with E-state index in [9.17, 15) is 0 Å². The Balaban J connectivity index is 1.59. The Morgan fingerprint density at radius 3 is 2.64 bits per heavy atom. The minimum absolute atomic E-state index is 0.747. The monoisotopic (exact) mass is 376 g/mol. The van der Waals surface area contributed by atoms with E-state index in [1.807, 2.05) is 30.3 Å². The first-order valence-corrected chi connectivity index (χ1v) is 7.98. The van der Waals surface area contributed by atoms with Gasteiger partial charge in [-0.25, -0.2) is 9.67 Å². The summed E-state index contributed by atoms with van der Waals surface area (Å²) >= 11 is 9.55. The number of aromatic nitrogens is 3. The summed E-state index contributed by atoms with van der Waals surface area (Å²) in [7, 11) is 0. The number of rotatable bonds is 5. The van der Waals surface area contributed by atoms with Gasteiger partial charge in [0.2, 0.25) is 0 Å². The van der Waals surface area contributed by atoms with Crippen LogP contribution in [0.2, 0.25) is 5.02 Å². The standard InChI is InChI=1S/C16H14BrClN4/c17-16-6-3-14(18)7-13(16)9-19-8-12-1-4-15(5-2-12)22-11-20-10-21-22/h1-7,10-11,19H,8-9H2. The fraction of sp³-hybridized carbons (Fsp3) is 0.125. The van der Waals surface area contributed by atoms with Gasteiger partial charge in [-0.2, -0.15) is 5.10 Å². The van der Waals surface area contributed by atoms with E-state index >= 15 is 0 Å². The molecule has 0 fully saturated rings. The minimum Gasteiger partial charge on any atom is -0.309 e. The van der Waals surface area contributed by atoms with Crippen molar-refractivity contribution in [3.05, 3.63) is 75.7 Å². The maximum absolute atomic E-state index is 6.02. The predicted octanol–water partition coefficient (Wildman–Crippen LogP) is 3.97. The predicted molar refractivity (Wildman–Crippen MR) is 91.1 cm³/mol. The zero-order chi connectivity index (χ0) is 15.4. The third-order valence-corrected chi connectivity index (χ3v) is 4.28. The Kier molecular flexibility index (Phi) is 4.87. The van der Waals surface area contributed by atoms with E-state index in [4.69, 9.17) is 11.6 Å². The van der Waals surface area contributed by atoms with Crippen molar-refractivity contribution >= 4 is 27.5 Å². The highest BCUT2D eigenvalue weighted by Crippen LogP contribution is 2.21. The van der Waals surface area contributed by atoms with Crippen molar-refractivity contribution in [2.45, 2.75) is 13.1 Å². The molecule has 3 rings (SSSR count). The van der Waals surface area contributed by atoms with Crippen molar-refractivity contribution in [3.63, 3.8) is 0 Å². The van der Waals surface area contributed by atoms with Gasteiger partial charge in [-0.05, 0) is 41.5 Å². The average Bonchev–Trinajstić information content (AvgIpc) is 3.06. The second-order valence-corrected chi connectivity index (χ2v) is 6.14. The highest BCUT2D eigenvalue weighted by atomic mass is 79.9. The lowest BCUT2D eigenvalue weighted by atomic mass is 10.2. The zero-order valence-corrected chi connectivity index (χ0v) is 14.0. The van der Waals surface area contributed by atoms with Crippen molar-refractivity contribution < 1.29 is 0 Å². The molecular formula is C16H14BrClN4. The fourth-order valence-electron chi connectivity index (χ4n) is 2.13. The molecule has 22 heavy (non-hydrogen) atoms. The highest BCUT2D eigenvalue weighted by molar-refractivity contribution is 9.10. The van der Waals surface area contributed by atoms with Crippen molar-refractivity contribution in [3.8, 4) is 5.69 Å². The van der Waals surface area contributed by atoms with E-state index in [-0.39, 0.29) is 0 Å². The van der Waals surface area contributed by atoms with Gasteiger partial charge in [0.25, 0.3) is 0 Å². The first-order valence-electron chi connectivity index (χ1n) is 6.81. The third-order valence-electron chi connectivity index (χ3n) is 3.27. The molecule has 0 aliphatic carbocycles. The molecule has 0 aliphatic rings. The van der Waals surface area contributed by atoms with E-state index < -0.39 is 0 Å². The molecule has 0 aliphatic heterocycles. The minimum atomic E-state index is 0.747. The normalized spacial score (nSPS) is 10.8. The second kappa shape index (κ2) is 7.05. The van der Waals surface area contributed by atoms with Gasteiger partial charge < -0.3 is 5.32 Å². The van der Waals surface area contributed by atoms with Crippen LogP contribution >= 0.6 is 27.5 Å². The SMILES string of the molecule is Clc1ccc(Br)c(CNCc2ccc(-n3cncn3)cc2)c1. The zero-order valence-electron chi connectivity index (χ0n) is 11.7. The van der Waals surface area contributed by atoms with E-state index in [0.29, 0.717) is 0 Å². The molecule has 6 heteroatoms. The second-order valence-electron chi connectivity index (χ2n) is 4.85. The lowest BCUT2D eigenvalue weighted by Crippen LogP contribution is -2.13. The van der Waals surface area contributed by atoms with Gasteiger partial charge in [0.1, 0.15) is 12.7 Å². The molecule has 0 spiro atoms. The smallest absolute Gasteiger partial charge is 0.138 e. The molecule has 2 aromatic carbocycles. The van der Waals surface area contributed by atoms with Crippen LogP contribution in [-0.4, -0.2) is 14.8 Å². The fourth-order valence-corrected chi connectivity index (χ4v) is 2.71. The van der Waals surface area contributed by atoms with E-state index in [2.05, 4.69) is 43.5 Å². The summed E-state index contributed by atoms with van der Waals surface area (Å²) in [6.45, 7) is 1.54. The van der Waals surface area contributed by atoms with E-state index in [1.54, 1.807) is 11.0 Å². The Labute approximate surface area is 142 Å². The van der Waals surface area contributed by atoms with Crippen molar-refractivity contribution in [1.29, 1.82) is 0 Å². The third kappa shape index (κ3) is 3.74. The van der Waals surface area contributed by atoms with Crippen LogP contribution in [0.3, 0.4) is 0 Å². The first kappa shape index (κ1) is 15.2. The summed E-state index contributed by atoms with van der Waals surface area (Å²) < 4.78 is 2.80. The Morgan fingerprint density at radius 1 is 1.09 bits per heavy atom. The molecular weight excluding hydrogens is 364 g/mol. The lowest BCUT2D eigenvalue weighted by Gasteiger charge is -2.08. The van der Waals surface area contributed by atoms with Gasteiger partial charge in [0, 0.05) is 22.6 Å². The van der Waals surface area contributed by atoms with Crippen LogP contribution < -0.4 is 5.32 Å². The summed E-state index contributed by atoms with van der Waals surface area (Å²) in [4.78, 5) is 3.94. The van der Waals surface area contributed by atoms with Crippen molar-refractivity contribution in [2.24, 2.45) is 0 Å². The summed E-state index contributed by atoms with van der Waals surface area (Å²) in [5, 5.41) is 8.27. The highest BCUT2D eigenvalue weighted by Gasteiger charge is 2.02. The van der Waals surface area contributed by atoms with Crippen LogP contribution in [-0.2, 0) is 13.1 Å². The summed E-state index contributed by atoms with van der Waals surface area (Å²) in [5.41, 5.74) is 3.35. The van der Waals surface area contributed by atoms with Crippen LogP contribution in [0.25, 0.3) is 5.69 Å². The molecule has 0 saturated heterocycles. The summed E-state index contributed by atoms with van der Waals surface area (Å²) in [5.74, 6) is 0. The first-order chi connectivity index (χ1) is 10.7. The number of halogens is 2. The van der Waals surface area contributed by atoms with Crippen LogP contribution in [0.1, 0.15) is 11.1 Å². The molecule has 0 saturated carbocycles. The molecule has 0 amide bonds. The molecule has 0 unspecified atom stereocenters. The van der Waals surface area contributed by atoms with Crippen LogP contribution in [0.4, 0.5) is 0 Å². The molecule has 1 N–H and O–H groups in total. The van der Waals surface area contributed by atoms with Gasteiger partial charge in [-0.3, -0.25) is 0 Å². The topological polar surface area (TPSA) is 42.7 Å². The molecule has 112 valence electrons. The quantitative estimate of drug-likeness (QED) is 0.731. The van der Waals surface area contributed by atoms with Gasteiger partial charge in [-0.15, -0.1) is 0 Å². The Hall–Kier alpha value is -1.69. The van der Waals surface area contributed by atoms with E-state index in [0.717, 1.165) is 33.8 Å². The average molecular weight is 378 g/mol. The number of nitrogens with one attached hydrogen (secondary N) is 1. The molecule has 1 aromatic heterocycles.